The van der Waals surface area contributed by atoms with E-state index in [-0.39, 0.29) is 17.7 Å². The number of amides is 1. The number of nitrogens with one attached hydrogen (secondary N) is 1. The van der Waals surface area contributed by atoms with Gasteiger partial charge in [-0.25, -0.2) is 0 Å². The Bertz CT molecular complexity index is 853. The van der Waals surface area contributed by atoms with E-state index in [4.69, 9.17) is 4.74 Å². The molecule has 2 atom stereocenters. The molecule has 3 aliphatic heterocycles. The fourth-order valence-electron chi connectivity index (χ4n) is 4.16. The third-order valence-electron chi connectivity index (χ3n) is 5.74. The fourth-order valence-corrected chi connectivity index (χ4v) is 4.94. The van der Waals surface area contributed by atoms with Gasteiger partial charge in [-0.2, -0.15) is 0 Å². The van der Waals surface area contributed by atoms with Crippen LogP contribution in [-0.2, 0) is 0 Å². The molecular weight excluding hydrogens is 360 g/mol. The third kappa shape index (κ3) is 3.77. The Morgan fingerprint density at radius 3 is 2.67 bits per heavy atom. The number of carbonyl (C=O) groups excluding carboxylic acids is 2. The zero-order valence-corrected chi connectivity index (χ0v) is 16.4. The number of piperidine rings is 3. The van der Waals surface area contributed by atoms with E-state index in [0.717, 1.165) is 13.1 Å². The van der Waals surface area contributed by atoms with Crippen molar-refractivity contribution in [1.82, 2.24) is 10.2 Å². The van der Waals surface area contributed by atoms with Crippen molar-refractivity contribution in [2.24, 2.45) is 5.92 Å². The van der Waals surface area contributed by atoms with Gasteiger partial charge in [-0.05, 0) is 70.0 Å². The maximum absolute atomic E-state index is 12.7. The summed E-state index contributed by atoms with van der Waals surface area (Å²) < 4.78 is 5.84. The van der Waals surface area contributed by atoms with Crippen molar-refractivity contribution in [2.75, 3.05) is 13.1 Å². The molecule has 0 radical (unpaired) electrons. The van der Waals surface area contributed by atoms with E-state index in [0.29, 0.717) is 33.2 Å². The van der Waals surface area contributed by atoms with Gasteiger partial charge in [0.05, 0.1) is 4.88 Å². The summed E-state index contributed by atoms with van der Waals surface area (Å²) in [6.07, 6.45) is 2.33. The van der Waals surface area contributed by atoms with Crippen LogP contribution < -0.4 is 10.1 Å². The molecule has 0 saturated carbocycles. The summed E-state index contributed by atoms with van der Waals surface area (Å²) in [5, 5.41) is 3.89. The summed E-state index contributed by atoms with van der Waals surface area (Å²) in [4.78, 5) is 27.3. The van der Waals surface area contributed by atoms with Crippen molar-refractivity contribution in [3.8, 4) is 10.8 Å². The van der Waals surface area contributed by atoms with Gasteiger partial charge in [-0.3, -0.25) is 14.5 Å². The lowest BCUT2D eigenvalue weighted by Gasteiger charge is -2.49. The summed E-state index contributed by atoms with van der Waals surface area (Å²) in [6, 6.07) is 11.3. The fraction of sp³-hybridized carbons (Fsp3) is 0.429. The number of ketones is 1. The third-order valence-corrected chi connectivity index (χ3v) is 6.70. The summed E-state index contributed by atoms with van der Waals surface area (Å²) in [6.45, 7) is 6.03. The van der Waals surface area contributed by atoms with Crippen LogP contribution in [0.15, 0.2) is 36.4 Å². The first-order valence-corrected chi connectivity index (χ1v) is 10.3. The first-order valence-electron chi connectivity index (χ1n) is 9.45. The van der Waals surface area contributed by atoms with E-state index >= 15 is 0 Å². The lowest BCUT2D eigenvalue weighted by Crippen LogP contribution is -2.62. The molecule has 3 fully saturated rings. The summed E-state index contributed by atoms with van der Waals surface area (Å²) in [5.41, 5.74) is 0.610. The zero-order valence-electron chi connectivity index (χ0n) is 15.6. The van der Waals surface area contributed by atoms with Crippen LogP contribution in [0.4, 0.5) is 0 Å². The van der Waals surface area contributed by atoms with Crippen LogP contribution in [0.1, 0.15) is 46.7 Å². The Kier molecular flexibility index (Phi) is 5.02. The molecule has 1 aromatic heterocycles. The van der Waals surface area contributed by atoms with Gasteiger partial charge in [0.1, 0.15) is 5.75 Å². The lowest BCUT2D eigenvalue weighted by molar-refractivity contribution is 0.0218. The monoisotopic (exact) mass is 384 g/mol. The van der Waals surface area contributed by atoms with Crippen LogP contribution in [-0.4, -0.2) is 41.8 Å². The number of thiophene rings is 1. The number of fused-ring (bicyclic) bond motifs is 3. The van der Waals surface area contributed by atoms with E-state index in [1.807, 2.05) is 0 Å². The predicted octanol–water partition coefficient (Wildman–Crippen LogP) is 3.96. The van der Waals surface area contributed by atoms with E-state index in [9.17, 15) is 9.59 Å². The molecule has 3 saturated heterocycles. The van der Waals surface area contributed by atoms with Crippen molar-refractivity contribution in [2.45, 2.75) is 38.8 Å². The Morgan fingerprint density at radius 2 is 1.96 bits per heavy atom. The molecule has 1 amide bonds. The molecule has 6 heteroatoms. The second kappa shape index (κ2) is 7.44. The minimum absolute atomic E-state index is 0.00154. The number of ether oxygens (including phenoxy) is 1. The molecule has 0 spiro atoms. The van der Waals surface area contributed by atoms with Crippen LogP contribution in [0.2, 0.25) is 0 Å². The Hall–Kier alpha value is -2.18. The van der Waals surface area contributed by atoms with Crippen LogP contribution in [0.3, 0.4) is 0 Å². The molecule has 0 aliphatic carbocycles. The average molecular weight is 385 g/mol. The van der Waals surface area contributed by atoms with Crippen molar-refractivity contribution in [1.29, 1.82) is 0 Å². The molecule has 2 aromatic rings. The van der Waals surface area contributed by atoms with Gasteiger partial charge in [0.2, 0.25) is 0 Å². The standard InChI is InChI=1S/C21H24N2O3S/c1-13-20(15-8-10-23(13)11-9-15)22-21(25)18-6-7-19(27-18)26-17-5-3-4-16(12-17)14(2)24/h3-7,12-13,15,20H,8-11H2,1-2H3,(H,22,25)/t13-,20-/m0/s1. The van der Waals surface area contributed by atoms with Gasteiger partial charge in [0, 0.05) is 17.6 Å². The SMILES string of the molecule is CC(=O)c1cccc(Oc2ccc(C(=O)N[C@@H]3C4CCN(CC4)[C@H]3C)s2)c1. The number of rotatable bonds is 5. The number of hydrogen-bond donors (Lipinski definition) is 1. The maximum atomic E-state index is 12.7. The van der Waals surface area contributed by atoms with E-state index in [2.05, 4.69) is 17.1 Å². The topological polar surface area (TPSA) is 58.6 Å². The predicted molar refractivity (Wildman–Crippen MR) is 106 cm³/mol. The maximum Gasteiger partial charge on any atom is 0.261 e. The second-order valence-corrected chi connectivity index (χ2v) is 8.46. The van der Waals surface area contributed by atoms with Gasteiger partial charge in [0.25, 0.3) is 5.91 Å². The summed E-state index contributed by atoms with van der Waals surface area (Å²) in [7, 11) is 0. The highest BCUT2D eigenvalue weighted by atomic mass is 32.1. The number of carbonyl (C=O) groups is 2. The Labute approximate surface area is 163 Å². The highest BCUT2D eigenvalue weighted by molar-refractivity contribution is 7.15. The Morgan fingerprint density at radius 1 is 1.19 bits per heavy atom. The molecule has 2 bridgehead atoms. The van der Waals surface area contributed by atoms with Gasteiger partial charge in [-0.1, -0.05) is 23.5 Å². The normalized spacial score (nSPS) is 26.6. The molecule has 4 heterocycles. The summed E-state index contributed by atoms with van der Waals surface area (Å²) in [5.74, 6) is 1.15. The minimum atomic E-state index is -0.0297. The van der Waals surface area contributed by atoms with Gasteiger partial charge in [0.15, 0.2) is 10.8 Å². The molecule has 3 aliphatic rings. The number of hydrogen-bond acceptors (Lipinski definition) is 5. The minimum Gasteiger partial charge on any atom is -0.447 e. The quantitative estimate of drug-likeness (QED) is 0.793. The van der Waals surface area contributed by atoms with Crippen LogP contribution in [0, 0.1) is 5.92 Å². The molecular formula is C21H24N2O3S. The van der Waals surface area contributed by atoms with E-state index in [1.165, 1.54) is 31.1 Å². The lowest BCUT2D eigenvalue weighted by atomic mass is 9.79. The van der Waals surface area contributed by atoms with Gasteiger partial charge < -0.3 is 10.1 Å². The number of nitrogens with zero attached hydrogens (tertiary/aromatic N) is 1. The first-order chi connectivity index (χ1) is 13.0. The smallest absolute Gasteiger partial charge is 0.261 e. The summed E-state index contributed by atoms with van der Waals surface area (Å²) >= 11 is 1.33. The largest absolute Gasteiger partial charge is 0.447 e. The van der Waals surface area contributed by atoms with Crippen molar-refractivity contribution in [3.05, 3.63) is 46.8 Å². The van der Waals surface area contributed by atoms with Crippen molar-refractivity contribution in [3.63, 3.8) is 0 Å². The van der Waals surface area contributed by atoms with Crippen LogP contribution in [0.25, 0.3) is 0 Å². The molecule has 5 nitrogen and oxygen atoms in total. The first kappa shape index (κ1) is 18.2. The number of Topliss-reactive ketones (excluding diaryl/α,β-unsaturated/α-hetero) is 1. The van der Waals surface area contributed by atoms with E-state index < -0.39 is 0 Å². The van der Waals surface area contributed by atoms with Gasteiger partial charge >= 0.3 is 0 Å². The molecule has 1 aromatic carbocycles. The van der Waals surface area contributed by atoms with Crippen LogP contribution in [0.5, 0.6) is 10.8 Å². The van der Waals surface area contributed by atoms with E-state index in [1.54, 1.807) is 36.4 Å². The van der Waals surface area contributed by atoms with Crippen molar-refractivity contribution < 1.29 is 14.3 Å². The Balaban J connectivity index is 1.42. The highest BCUT2D eigenvalue weighted by Gasteiger charge is 2.40. The molecule has 142 valence electrons. The molecule has 5 rings (SSSR count). The molecule has 1 N–H and O–H groups in total. The zero-order chi connectivity index (χ0) is 19.0. The molecule has 27 heavy (non-hydrogen) atoms. The van der Waals surface area contributed by atoms with Crippen LogP contribution >= 0.6 is 11.3 Å². The van der Waals surface area contributed by atoms with Crippen molar-refractivity contribution >= 4 is 23.0 Å². The molecule has 0 unspecified atom stereocenters. The highest BCUT2D eigenvalue weighted by Crippen LogP contribution is 2.33. The van der Waals surface area contributed by atoms with Gasteiger partial charge in [-0.15, -0.1) is 0 Å². The second-order valence-electron chi connectivity index (χ2n) is 7.42. The average Bonchev–Trinajstić information content (AvgIpc) is 3.14. The number of benzene rings is 1.